The standard InChI is InChI=1S/C33H42N2O9S/c1-32(2,3)43-30(37)34-18-10-11-23(19-34)21-14-16-22(17-15-21)28-25(20-42-45(8,39)40)27-24(29(36)41-7)12-9-13-26(27)35(28)31(38)44-33(4,5)6/h9,12-17,23H,10-11,18-20H2,1-8H3. The average Bonchev–Trinajstić information content (AvgIpc) is 3.28. The number of methoxy groups -OCH3 is 1. The van der Waals surface area contributed by atoms with Crippen LogP contribution in [0.15, 0.2) is 42.5 Å². The van der Waals surface area contributed by atoms with E-state index in [2.05, 4.69) is 0 Å². The minimum atomic E-state index is -3.90. The molecule has 12 heteroatoms. The fourth-order valence-corrected chi connectivity index (χ4v) is 5.79. The Bertz CT molecular complexity index is 1690. The zero-order chi connectivity index (χ0) is 33.3. The first-order valence-corrected chi connectivity index (χ1v) is 16.6. The third-order valence-corrected chi connectivity index (χ3v) is 7.77. The van der Waals surface area contributed by atoms with Gasteiger partial charge in [0.1, 0.15) is 11.2 Å². The van der Waals surface area contributed by atoms with Gasteiger partial charge in [0.25, 0.3) is 10.1 Å². The Labute approximate surface area is 264 Å². The van der Waals surface area contributed by atoms with Crippen LogP contribution in [0.2, 0.25) is 0 Å². The van der Waals surface area contributed by atoms with Crippen molar-refractivity contribution < 1.29 is 41.2 Å². The molecule has 1 aliphatic heterocycles. The number of nitrogens with zero attached hydrogens (tertiary/aromatic N) is 2. The fourth-order valence-electron chi connectivity index (χ4n) is 5.46. The molecule has 0 aliphatic carbocycles. The van der Waals surface area contributed by atoms with E-state index in [4.69, 9.17) is 18.4 Å². The number of carbonyl (C=O) groups is 3. The topological polar surface area (TPSA) is 130 Å². The summed E-state index contributed by atoms with van der Waals surface area (Å²) in [6, 6.07) is 12.3. The summed E-state index contributed by atoms with van der Waals surface area (Å²) in [6.45, 7) is 11.4. The largest absolute Gasteiger partial charge is 0.465 e. The number of amides is 1. The van der Waals surface area contributed by atoms with Crippen LogP contribution in [0, 0.1) is 0 Å². The minimum Gasteiger partial charge on any atom is -0.465 e. The molecule has 2 aromatic carbocycles. The first kappa shape index (κ1) is 34.0. The molecule has 11 nitrogen and oxygen atoms in total. The molecule has 1 atom stereocenters. The molecule has 0 saturated carbocycles. The van der Waals surface area contributed by atoms with E-state index in [0.717, 1.165) is 24.7 Å². The number of aromatic nitrogens is 1. The normalized spacial score (nSPS) is 16.0. The molecule has 1 amide bonds. The number of likely N-dealkylation sites (tertiary alicyclic amines) is 1. The summed E-state index contributed by atoms with van der Waals surface area (Å²) in [5.74, 6) is -0.590. The van der Waals surface area contributed by atoms with Gasteiger partial charge in [-0.25, -0.2) is 19.0 Å². The Morgan fingerprint density at radius 2 is 1.53 bits per heavy atom. The van der Waals surface area contributed by atoms with Gasteiger partial charge in [-0.2, -0.15) is 8.42 Å². The van der Waals surface area contributed by atoms with Crippen molar-refractivity contribution >= 4 is 39.2 Å². The van der Waals surface area contributed by atoms with Gasteiger partial charge in [0.15, 0.2) is 0 Å². The molecule has 4 rings (SSSR count). The van der Waals surface area contributed by atoms with Crippen LogP contribution in [0.1, 0.15) is 81.8 Å². The third kappa shape index (κ3) is 8.23. The molecule has 0 radical (unpaired) electrons. The first-order valence-electron chi connectivity index (χ1n) is 14.8. The molecule has 3 aromatic rings. The summed E-state index contributed by atoms with van der Waals surface area (Å²) < 4.78 is 47.2. The molecule has 1 fully saturated rings. The first-order chi connectivity index (χ1) is 20.9. The highest BCUT2D eigenvalue weighted by Gasteiger charge is 2.31. The number of piperidine rings is 1. The molecule has 1 aromatic heterocycles. The van der Waals surface area contributed by atoms with Gasteiger partial charge in [-0.15, -0.1) is 0 Å². The molecule has 0 spiro atoms. The van der Waals surface area contributed by atoms with Crippen molar-refractivity contribution in [3.63, 3.8) is 0 Å². The van der Waals surface area contributed by atoms with Gasteiger partial charge in [-0.1, -0.05) is 30.3 Å². The van der Waals surface area contributed by atoms with Crippen LogP contribution >= 0.6 is 0 Å². The Hall–Kier alpha value is -3.90. The second-order valence-electron chi connectivity index (χ2n) is 13.2. The molecular weight excluding hydrogens is 600 g/mol. The molecule has 0 N–H and O–H groups in total. The van der Waals surface area contributed by atoms with Gasteiger partial charge < -0.3 is 19.1 Å². The molecule has 244 valence electrons. The van der Waals surface area contributed by atoms with Crippen molar-refractivity contribution in [1.29, 1.82) is 0 Å². The molecule has 1 aliphatic rings. The van der Waals surface area contributed by atoms with E-state index in [9.17, 15) is 22.8 Å². The predicted molar refractivity (Wildman–Crippen MR) is 170 cm³/mol. The lowest BCUT2D eigenvalue weighted by Crippen LogP contribution is -2.42. The van der Waals surface area contributed by atoms with Crippen LogP contribution in [0.3, 0.4) is 0 Å². The Kier molecular flexibility index (Phi) is 9.70. The third-order valence-electron chi connectivity index (χ3n) is 7.22. The predicted octanol–water partition coefficient (Wildman–Crippen LogP) is 6.47. The maximum Gasteiger partial charge on any atom is 0.419 e. The van der Waals surface area contributed by atoms with Gasteiger partial charge in [0.05, 0.1) is 36.7 Å². The lowest BCUT2D eigenvalue weighted by molar-refractivity contribution is 0.0197. The van der Waals surface area contributed by atoms with Gasteiger partial charge in [-0.05, 0) is 77.6 Å². The van der Waals surface area contributed by atoms with Crippen molar-refractivity contribution in [2.45, 2.75) is 78.1 Å². The van der Waals surface area contributed by atoms with E-state index < -0.39 is 40.0 Å². The van der Waals surface area contributed by atoms with Crippen LogP contribution in [0.5, 0.6) is 0 Å². The number of hydrogen-bond acceptors (Lipinski definition) is 9. The number of esters is 1. The Balaban J connectivity index is 1.85. The van der Waals surface area contributed by atoms with Crippen molar-refractivity contribution in [3.05, 3.63) is 59.2 Å². The lowest BCUT2D eigenvalue weighted by Gasteiger charge is -2.34. The van der Waals surface area contributed by atoms with Gasteiger partial charge in [0, 0.05) is 30.0 Å². The summed E-state index contributed by atoms with van der Waals surface area (Å²) in [5.41, 5.74) is 1.24. The summed E-state index contributed by atoms with van der Waals surface area (Å²) in [5, 5.41) is 0.318. The van der Waals surface area contributed by atoms with E-state index in [0.29, 0.717) is 40.8 Å². The van der Waals surface area contributed by atoms with E-state index in [1.807, 2.05) is 45.0 Å². The highest BCUT2D eigenvalue weighted by atomic mass is 32.2. The smallest absolute Gasteiger partial charge is 0.419 e. The highest BCUT2D eigenvalue weighted by Crippen LogP contribution is 2.39. The van der Waals surface area contributed by atoms with E-state index in [1.54, 1.807) is 43.9 Å². The lowest BCUT2D eigenvalue weighted by atomic mass is 9.90. The molecule has 45 heavy (non-hydrogen) atoms. The summed E-state index contributed by atoms with van der Waals surface area (Å²) in [4.78, 5) is 41.1. The summed E-state index contributed by atoms with van der Waals surface area (Å²) >= 11 is 0. The van der Waals surface area contributed by atoms with Crippen LogP contribution in [0.25, 0.3) is 22.2 Å². The highest BCUT2D eigenvalue weighted by molar-refractivity contribution is 7.85. The zero-order valence-electron chi connectivity index (χ0n) is 27.1. The van der Waals surface area contributed by atoms with Crippen molar-refractivity contribution in [3.8, 4) is 11.3 Å². The maximum atomic E-state index is 13.8. The Morgan fingerprint density at radius 3 is 2.11 bits per heavy atom. The van der Waals surface area contributed by atoms with Crippen molar-refractivity contribution in [2.24, 2.45) is 0 Å². The SMILES string of the molecule is COC(=O)c1cccc2c1c(COS(C)(=O)=O)c(-c1ccc(C3CCCN(C(=O)OC(C)(C)C)C3)cc1)n2C(=O)OC(C)(C)C. The summed E-state index contributed by atoms with van der Waals surface area (Å²) in [7, 11) is -2.65. The van der Waals surface area contributed by atoms with Crippen molar-refractivity contribution in [2.75, 3.05) is 26.5 Å². The van der Waals surface area contributed by atoms with Crippen LogP contribution in [-0.4, -0.2) is 73.7 Å². The summed E-state index contributed by atoms with van der Waals surface area (Å²) in [6.07, 6.45) is 1.58. The number of hydrogen-bond donors (Lipinski definition) is 0. The number of fused-ring (bicyclic) bond motifs is 1. The second-order valence-corrected chi connectivity index (χ2v) is 14.8. The van der Waals surface area contributed by atoms with Gasteiger partial charge >= 0.3 is 18.2 Å². The zero-order valence-corrected chi connectivity index (χ0v) is 27.9. The van der Waals surface area contributed by atoms with E-state index in [-0.39, 0.29) is 17.6 Å². The van der Waals surface area contributed by atoms with Crippen LogP contribution in [0.4, 0.5) is 9.59 Å². The van der Waals surface area contributed by atoms with Crippen molar-refractivity contribution in [1.82, 2.24) is 9.47 Å². The molecule has 0 bridgehead atoms. The monoisotopic (exact) mass is 642 g/mol. The number of benzene rings is 2. The minimum absolute atomic E-state index is 0.0657. The van der Waals surface area contributed by atoms with E-state index >= 15 is 0 Å². The number of ether oxygens (including phenoxy) is 3. The maximum absolute atomic E-state index is 13.8. The molecule has 1 saturated heterocycles. The van der Waals surface area contributed by atoms with Gasteiger partial charge in [-0.3, -0.25) is 4.18 Å². The number of rotatable bonds is 6. The molecule has 2 heterocycles. The molecule has 1 unspecified atom stereocenters. The quantitative estimate of drug-likeness (QED) is 0.169. The molecular formula is C33H42N2O9S. The fraction of sp³-hybridized carbons (Fsp3) is 0.485. The second kappa shape index (κ2) is 12.8. The van der Waals surface area contributed by atoms with Gasteiger partial charge in [0.2, 0.25) is 0 Å². The van der Waals surface area contributed by atoms with E-state index in [1.165, 1.54) is 11.7 Å². The Morgan fingerprint density at radius 1 is 0.911 bits per heavy atom. The van der Waals surface area contributed by atoms with Crippen LogP contribution in [-0.2, 0) is 35.1 Å². The number of carbonyl (C=O) groups excluding carboxylic acids is 3. The van der Waals surface area contributed by atoms with Crippen LogP contribution < -0.4 is 0 Å². The average molecular weight is 643 g/mol.